The second-order valence-corrected chi connectivity index (χ2v) is 10.2. The van der Waals surface area contributed by atoms with E-state index in [1.165, 1.54) is 16.8 Å². The van der Waals surface area contributed by atoms with Crippen molar-refractivity contribution in [3.63, 3.8) is 0 Å². The van der Waals surface area contributed by atoms with Gasteiger partial charge in [-0.3, -0.25) is 0 Å². The number of hydrogen-bond donors (Lipinski definition) is 0. The van der Waals surface area contributed by atoms with Crippen LogP contribution in [-0.2, 0) is 9.47 Å². The van der Waals surface area contributed by atoms with Gasteiger partial charge in [-0.25, -0.2) is 15.0 Å². The molecule has 212 valence electrons. The normalized spacial score (nSPS) is 14.6. The third-order valence-corrected chi connectivity index (χ3v) is 7.50. The number of aromatic nitrogens is 2. The van der Waals surface area contributed by atoms with Gasteiger partial charge >= 0.3 is 0 Å². The summed E-state index contributed by atoms with van der Waals surface area (Å²) in [6, 6.07) is 19.4. The largest absolute Gasteiger partial charge is 0.486 e. The molecular formula is C33H43N5O2. The quantitative estimate of drug-likeness (QED) is 0.143. The number of benzene rings is 2. The van der Waals surface area contributed by atoms with Crippen LogP contribution in [0.3, 0.4) is 0 Å². The lowest BCUT2D eigenvalue weighted by molar-refractivity contribution is 0.0639. The summed E-state index contributed by atoms with van der Waals surface area (Å²) in [5.74, 6) is 1.93. The van der Waals surface area contributed by atoms with Gasteiger partial charge in [0.05, 0.1) is 24.0 Å². The van der Waals surface area contributed by atoms with Gasteiger partial charge in [0.15, 0.2) is 5.76 Å². The first-order chi connectivity index (χ1) is 19.6. The monoisotopic (exact) mass is 541 g/mol. The predicted molar refractivity (Wildman–Crippen MR) is 164 cm³/mol. The zero-order chi connectivity index (χ0) is 28.3. The van der Waals surface area contributed by atoms with Gasteiger partial charge in [0.25, 0.3) is 0 Å². The molecule has 1 aromatic heterocycles. The Labute approximate surface area is 239 Å². The van der Waals surface area contributed by atoms with E-state index in [9.17, 15) is 0 Å². The summed E-state index contributed by atoms with van der Waals surface area (Å²) < 4.78 is 11.3. The zero-order valence-electron chi connectivity index (χ0n) is 24.4. The van der Waals surface area contributed by atoms with Gasteiger partial charge in [-0.2, -0.15) is 0 Å². The zero-order valence-corrected chi connectivity index (χ0v) is 24.4. The third-order valence-electron chi connectivity index (χ3n) is 7.50. The van der Waals surface area contributed by atoms with Crippen molar-refractivity contribution in [1.82, 2.24) is 15.0 Å². The van der Waals surface area contributed by atoms with Gasteiger partial charge in [0, 0.05) is 52.2 Å². The van der Waals surface area contributed by atoms with Crippen LogP contribution in [0.15, 0.2) is 79.3 Å². The molecule has 7 heteroatoms. The van der Waals surface area contributed by atoms with E-state index in [0.717, 1.165) is 57.1 Å². The Hall–Kier alpha value is -3.64. The van der Waals surface area contributed by atoms with Crippen molar-refractivity contribution in [1.29, 1.82) is 0 Å². The molecule has 3 aromatic rings. The van der Waals surface area contributed by atoms with Crippen LogP contribution in [0.5, 0.6) is 0 Å². The van der Waals surface area contributed by atoms with Crippen molar-refractivity contribution >= 4 is 17.4 Å². The lowest BCUT2D eigenvalue weighted by Gasteiger charge is -2.41. The minimum atomic E-state index is 0.135. The fourth-order valence-electron chi connectivity index (χ4n) is 5.24. The molecule has 0 N–H and O–H groups in total. The molecule has 0 aliphatic carbocycles. The highest BCUT2D eigenvalue weighted by Gasteiger charge is 2.26. The lowest BCUT2D eigenvalue weighted by Crippen LogP contribution is -2.50. The van der Waals surface area contributed by atoms with E-state index >= 15 is 0 Å². The van der Waals surface area contributed by atoms with E-state index in [0.29, 0.717) is 18.3 Å². The fourth-order valence-corrected chi connectivity index (χ4v) is 5.24. The van der Waals surface area contributed by atoms with Crippen LogP contribution in [0.2, 0.25) is 0 Å². The molecule has 1 aliphatic rings. The SMILES string of the molecule is C=C=C(OCC)c1cnc(N2CCC(CN(CC(C)OC)N(CC)c3ccc(-c4ccccc4)cc3)CC2)nc1. The lowest BCUT2D eigenvalue weighted by atomic mass is 9.96. The molecule has 1 atom stereocenters. The molecule has 1 saturated heterocycles. The van der Waals surface area contributed by atoms with Crippen molar-refractivity contribution in [3.8, 4) is 11.1 Å². The van der Waals surface area contributed by atoms with E-state index < -0.39 is 0 Å². The topological polar surface area (TPSA) is 54.0 Å². The summed E-state index contributed by atoms with van der Waals surface area (Å²) in [5, 5.41) is 4.88. The molecule has 0 amide bonds. The van der Waals surface area contributed by atoms with E-state index in [2.05, 4.69) is 106 Å². The highest BCUT2D eigenvalue weighted by Crippen LogP contribution is 2.27. The molecule has 1 fully saturated rings. The first-order valence-electron chi connectivity index (χ1n) is 14.4. The predicted octanol–water partition coefficient (Wildman–Crippen LogP) is 6.30. The first kappa shape index (κ1) is 29.3. The van der Waals surface area contributed by atoms with Crippen LogP contribution in [0.25, 0.3) is 16.9 Å². The molecule has 2 aromatic carbocycles. The average Bonchev–Trinajstić information content (AvgIpc) is 3.01. The smallest absolute Gasteiger partial charge is 0.225 e. The molecule has 1 aliphatic heterocycles. The summed E-state index contributed by atoms with van der Waals surface area (Å²) in [7, 11) is 1.79. The van der Waals surface area contributed by atoms with Crippen LogP contribution in [-0.4, -0.2) is 67.5 Å². The molecule has 0 bridgehead atoms. The van der Waals surface area contributed by atoms with E-state index in [1.807, 2.05) is 6.92 Å². The maximum absolute atomic E-state index is 5.69. The van der Waals surface area contributed by atoms with E-state index in [-0.39, 0.29) is 6.10 Å². The Bertz CT molecular complexity index is 1220. The summed E-state index contributed by atoms with van der Waals surface area (Å²) in [6.45, 7) is 15.2. The summed E-state index contributed by atoms with van der Waals surface area (Å²) >= 11 is 0. The molecule has 7 nitrogen and oxygen atoms in total. The Morgan fingerprint density at radius 1 is 1.02 bits per heavy atom. The summed E-state index contributed by atoms with van der Waals surface area (Å²) in [5.41, 5.74) is 7.30. The van der Waals surface area contributed by atoms with Gasteiger partial charge in [-0.15, -0.1) is 0 Å². The van der Waals surface area contributed by atoms with Crippen LogP contribution in [0.1, 0.15) is 39.2 Å². The van der Waals surface area contributed by atoms with Crippen LogP contribution in [0.4, 0.5) is 11.6 Å². The Kier molecular flexibility index (Phi) is 10.8. The number of piperidine rings is 1. The third kappa shape index (κ3) is 7.51. The number of methoxy groups -OCH3 is 1. The Morgan fingerprint density at radius 2 is 1.68 bits per heavy atom. The van der Waals surface area contributed by atoms with Crippen LogP contribution >= 0.6 is 0 Å². The first-order valence-corrected chi connectivity index (χ1v) is 14.4. The molecular weight excluding hydrogens is 498 g/mol. The molecule has 0 saturated carbocycles. The van der Waals surface area contributed by atoms with Gasteiger partial charge in [0.1, 0.15) is 0 Å². The molecule has 1 unspecified atom stereocenters. The Balaban J connectivity index is 1.41. The minimum Gasteiger partial charge on any atom is -0.486 e. The maximum atomic E-state index is 5.69. The van der Waals surface area contributed by atoms with Crippen LogP contribution < -0.4 is 9.91 Å². The Morgan fingerprint density at radius 3 is 2.25 bits per heavy atom. The van der Waals surface area contributed by atoms with Crippen molar-refractivity contribution in [2.75, 3.05) is 56.3 Å². The summed E-state index contributed by atoms with van der Waals surface area (Å²) in [4.78, 5) is 11.5. The number of ether oxygens (including phenoxy) is 2. The summed E-state index contributed by atoms with van der Waals surface area (Å²) in [6.07, 6.45) is 5.91. The van der Waals surface area contributed by atoms with Gasteiger partial charge in [-0.1, -0.05) is 54.8 Å². The molecule has 4 rings (SSSR count). The van der Waals surface area contributed by atoms with Crippen molar-refractivity contribution in [2.45, 2.75) is 39.7 Å². The standard InChI is InChI=1S/C33H43N5O2/c1-6-32(40-8-3)30-22-34-33(35-23-30)36-20-18-27(19-21-36)25-37(24-26(4)39-5)38(7-2)31-16-14-29(15-17-31)28-12-10-9-11-13-28/h9-17,22-23,26-27H,1,7-8,18-21,24-25H2,2-5H3. The molecule has 40 heavy (non-hydrogen) atoms. The number of hydrogen-bond acceptors (Lipinski definition) is 7. The van der Waals surface area contributed by atoms with Crippen molar-refractivity contribution in [3.05, 3.63) is 84.9 Å². The number of hydrazine groups is 1. The number of anilines is 2. The maximum Gasteiger partial charge on any atom is 0.225 e. The average molecular weight is 542 g/mol. The minimum absolute atomic E-state index is 0.135. The van der Waals surface area contributed by atoms with Crippen molar-refractivity contribution < 1.29 is 9.47 Å². The molecule has 2 heterocycles. The number of rotatable bonds is 13. The second kappa shape index (κ2) is 14.7. The highest BCUT2D eigenvalue weighted by molar-refractivity contribution is 5.66. The van der Waals surface area contributed by atoms with Gasteiger partial charge < -0.3 is 19.4 Å². The molecule has 0 radical (unpaired) electrons. The van der Waals surface area contributed by atoms with E-state index in [4.69, 9.17) is 9.47 Å². The molecule has 0 spiro atoms. The van der Waals surface area contributed by atoms with Gasteiger partial charge in [0.2, 0.25) is 5.95 Å². The van der Waals surface area contributed by atoms with Gasteiger partial charge in [-0.05, 0) is 62.8 Å². The fraction of sp³-hybridized carbons (Fsp3) is 0.424. The van der Waals surface area contributed by atoms with E-state index in [1.54, 1.807) is 19.5 Å². The van der Waals surface area contributed by atoms with Crippen LogP contribution in [0, 0.1) is 5.92 Å². The number of nitrogens with zero attached hydrogens (tertiary/aromatic N) is 5. The van der Waals surface area contributed by atoms with Crippen molar-refractivity contribution in [2.24, 2.45) is 5.92 Å². The second-order valence-electron chi connectivity index (χ2n) is 10.2. The highest BCUT2D eigenvalue weighted by atomic mass is 16.5.